The molecule has 0 heterocycles. The molecule has 0 bridgehead atoms. The number of ether oxygens (including phenoxy) is 2. The zero-order chi connectivity index (χ0) is 20.1. The predicted molar refractivity (Wildman–Crippen MR) is 109 cm³/mol. The summed E-state index contributed by atoms with van der Waals surface area (Å²) in [5, 5.41) is 6.30. The van der Waals surface area contributed by atoms with Crippen molar-refractivity contribution in [3.63, 3.8) is 0 Å². The van der Waals surface area contributed by atoms with Gasteiger partial charge in [0.25, 0.3) is 0 Å². The van der Waals surface area contributed by atoms with Crippen LogP contribution in [0.25, 0.3) is 0 Å². The van der Waals surface area contributed by atoms with Gasteiger partial charge in [0.2, 0.25) is 10.0 Å². The first-order chi connectivity index (χ1) is 12.9. The molecule has 1 rings (SSSR count). The molecule has 0 amide bonds. The Balaban J connectivity index is 2.52. The molecule has 3 N–H and O–H groups in total. The van der Waals surface area contributed by atoms with Gasteiger partial charge in [-0.1, -0.05) is 12.1 Å². The Morgan fingerprint density at radius 1 is 1.19 bits per heavy atom. The fourth-order valence-electron chi connectivity index (χ4n) is 2.22. The van der Waals surface area contributed by atoms with Gasteiger partial charge >= 0.3 is 0 Å². The number of hydrogen-bond acceptors (Lipinski definition) is 5. The maximum Gasteiger partial charge on any atom is 0.211 e. The topological polar surface area (TPSA) is 101 Å². The van der Waals surface area contributed by atoms with Crippen molar-refractivity contribution in [2.45, 2.75) is 26.8 Å². The molecule has 0 spiro atoms. The first kappa shape index (κ1) is 23.2. The highest BCUT2D eigenvalue weighted by molar-refractivity contribution is 7.89. The number of aliphatic imine (C=N–C) groups is 1. The Kier molecular flexibility index (Phi) is 10.8. The van der Waals surface area contributed by atoms with Crippen LogP contribution in [0, 0.1) is 6.92 Å². The van der Waals surface area contributed by atoms with E-state index >= 15 is 0 Å². The van der Waals surface area contributed by atoms with Gasteiger partial charge in [0, 0.05) is 52.4 Å². The fraction of sp³-hybridized carbons (Fsp3) is 0.611. The number of methoxy groups -OCH3 is 1. The van der Waals surface area contributed by atoms with Crippen LogP contribution < -0.4 is 20.1 Å². The second-order valence-electron chi connectivity index (χ2n) is 5.96. The number of nitrogens with one attached hydrogen (secondary N) is 3. The molecule has 0 aliphatic rings. The standard InChI is InChI=1S/C18H32N4O4S/c1-5-27(23,24)22-10-9-20-18(19-3)21-14-16-8-7-15(2)13-17(16)26-12-6-11-25-4/h7-8,13,22H,5-6,9-12,14H2,1-4H3,(H2,19,20,21). The van der Waals surface area contributed by atoms with Crippen molar-refractivity contribution in [3.05, 3.63) is 29.3 Å². The largest absolute Gasteiger partial charge is 0.493 e. The van der Waals surface area contributed by atoms with Gasteiger partial charge in [0.15, 0.2) is 5.96 Å². The molecule has 0 atom stereocenters. The molecular formula is C18H32N4O4S. The maximum atomic E-state index is 11.4. The average molecular weight is 401 g/mol. The molecular weight excluding hydrogens is 368 g/mol. The summed E-state index contributed by atoms with van der Waals surface area (Å²) in [5.74, 6) is 1.50. The van der Waals surface area contributed by atoms with Gasteiger partial charge in [-0.25, -0.2) is 13.1 Å². The van der Waals surface area contributed by atoms with Gasteiger partial charge in [0.1, 0.15) is 5.75 Å². The minimum atomic E-state index is -3.18. The lowest BCUT2D eigenvalue weighted by atomic mass is 10.1. The van der Waals surface area contributed by atoms with Crippen LogP contribution in [0.5, 0.6) is 5.75 Å². The lowest BCUT2D eigenvalue weighted by Gasteiger charge is -2.15. The van der Waals surface area contributed by atoms with Gasteiger partial charge in [0.05, 0.1) is 12.4 Å². The second-order valence-corrected chi connectivity index (χ2v) is 8.05. The third kappa shape index (κ3) is 9.60. The summed E-state index contributed by atoms with van der Waals surface area (Å²) in [6.45, 7) is 6.17. The summed E-state index contributed by atoms with van der Waals surface area (Å²) in [6, 6.07) is 6.07. The lowest BCUT2D eigenvalue weighted by molar-refractivity contribution is 0.171. The fourth-order valence-corrected chi connectivity index (χ4v) is 2.83. The molecule has 0 radical (unpaired) electrons. The summed E-state index contributed by atoms with van der Waals surface area (Å²) in [4.78, 5) is 4.15. The lowest BCUT2D eigenvalue weighted by Crippen LogP contribution is -2.41. The van der Waals surface area contributed by atoms with E-state index in [1.807, 2.05) is 25.1 Å². The van der Waals surface area contributed by atoms with Crippen molar-refractivity contribution in [2.75, 3.05) is 46.2 Å². The normalized spacial score (nSPS) is 12.1. The summed E-state index contributed by atoms with van der Waals surface area (Å²) < 4.78 is 36.2. The van der Waals surface area contributed by atoms with E-state index < -0.39 is 10.0 Å². The van der Waals surface area contributed by atoms with Gasteiger partial charge < -0.3 is 20.1 Å². The Bertz CT molecular complexity index is 693. The van der Waals surface area contributed by atoms with E-state index in [1.54, 1.807) is 21.1 Å². The van der Waals surface area contributed by atoms with Gasteiger partial charge in [-0.2, -0.15) is 0 Å². The van der Waals surface area contributed by atoms with Crippen LogP contribution in [0.3, 0.4) is 0 Å². The van der Waals surface area contributed by atoms with E-state index in [-0.39, 0.29) is 5.75 Å². The Labute approximate surface area is 162 Å². The number of rotatable bonds is 12. The summed E-state index contributed by atoms with van der Waals surface area (Å²) >= 11 is 0. The molecule has 9 heteroatoms. The van der Waals surface area contributed by atoms with Crippen LogP contribution in [0.2, 0.25) is 0 Å². The van der Waals surface area contributed by atoms with Crippen molar-refractivity contribution < 1.29 is 17.9 Å². The molecule has 27 heavy (non-hydrogen) atoms. The van der Waals surface area contributed by atoms with Crippen LogP contribution in [-0.4, -0.2) is 60.6 Å². The molecule has 1 aromatic carbocycles. The number of benzene rings is 1. The molecule has 154 valence electrons. The minimum absolute atomic E-state index is 0.0700. The highest BCUT2D eigenvalue weighted by Crippen LogP contribution is 2.20. The number of aryl methyl sites for hydroxylation is 1. The zero-order valence-electron chi connectivity index (χ0n) is 16.7. The molecule has 0 saturated carbocycles. The first-order valence-electron chi connectivity index (χ1n) is 9.05. The number of sulfonamides is 1. The number of nitrogens with zero attached hydrogens (tertiary/aromatic N) is 1. The number of guanidine groups is 1. The van der Waals surface area contributed by atoms with Crippen molar-refractivity contribution in [1.82, 2.24) is 15.4 Å². The minimum Gasteiger partial charge on any atom is -0.493 e. The van der Waals surface area contributed by atoms with E-state index in [0.29, 0.717) is 38.8 Å². The first-order valence-corrected chi connectivity index (χ1v) is 10.7. The third-order valence-corrected chi connectivity index (χ3v) is 5.17. The quantitative estimate of drug-likeness (QED) is 0.275. The predicted octanol–water partition coefficient (Wildman–Crippen LogP) is 1.01. The zero-order valence-corrected chi connectivity index (χ0v) is 17.5. The van der Waals surface area contributed by atoms with E-state index in [2.05, 4.69) is 20.3 Å². The second kappa shape index (κ2) is 12.5. The van der Waals surface area contributed by atoms with E-state index in [4.69, 9.17) is 9.47 Å². The number of hydrogen-bond donors (Lipinski definition) is 3. The van der Waals surface area contributed by atoms with Crippen LogP contribution >= 0.6 is 0 Å². The van der Waals surface area contributed by atoms with E-state index in [0.717, 1.165) is 23.3 Å². The van der Waals surface area contributed by atoms with Gasteiger partial charge in [-0.15, -0.1) is 0 Å². The van der Waals surface area contributed by atoms with Crippen molar-refractivity contribution in [2.24, 2.45) is 4.99 Å². The molecule has 0 aromatic heterocycles. The third-order valence-electron chi connectivity index (χ3n) is 3.76. The molecule has 1 aromatic rings. The Hall–Kier alpha value is -1.84. The monoisotopic (exact) mass is 400 g/mol. The highest BCUT2D eigenvalue weighted by Gasteiger charge is 2.07. The smallest absolute Gasteiger partial charge is 0.211 e. The van der Waals surface area contributed by atoms with Crippen molar-refractivity contribution in [3.8, 4) is 5.75 Å². The van der Waals surface area contributed by atoms with Crippen molar-refractivity contribution >= 4 is 16.0 Å². The highest BCUT2D eigenvalue weighted by atomic mass is 32.2. The van der Waals surface area contributed by atoms with Crippen LogP contribution in [0.15, 0.2) is 23.2 Å². The van der Waals surface area contributed by atoms with Crippen LogP contribution in [0.4, 0.5) is 0 Å². The van der Waals surface area contributed by atoms with E-state index in [1.165, 1.54) is 0 Å². The van der Waals surface area contributed by atoms with Gasteiger partial charge in [-0.3, -0.25) is 4.99 Å². The van der Waals surface area contributed by atoms with E-state index in [9.17, 15) is 8.42 Å². The summed E-state index contributed by atoms with van der Waals surface area (Å²) in [7, 11) is 0.166. The average Bonchev–Trinajstić information content (AvgIpc) is 2.65. The maximum absolute atomic E-state index is 11.4. The SMILES string of the molecule is CCS(=O)(=O)NCCNC(=NC)NCc1ccc(C)cc1OCCCOC. The van der Waals surface area contributed by atoms with Crippen molar-refractivity contribution in [1.29, 1.82) is 0 Å². The summed E-state index contributed by atoms with van der Waals surface area (Å²) in [6.07, 6.45) is 0.828. The Morgan fingerprint density at radius 3 is 2.63 bits per heavy atom. The van der Waals surface area contributed by atoms with Crippen LogP contribution in [0.1, 0.15) is 24.5 Å². The molecule has 0 saturated heterocycles. The van der Waals surface area contributed by atoms with Gasteiger partial charge in [-0.05, 0) is 25.5 Å². The van der Waals surface area contributed by atoms with Crippen LogP contribution in [-0.2, 0) is 21.3 Å². The Morgan fingerprint density at radius 2 is 1.96 bits per heavy atom. The molecule has 0 aliphatic carbocycles. The summed E-state index contributed by atoms with van der Waals surface area (Å²) in [5.41, 5.74) is 2.15. The molecule has 0 unspecified atom stereocenters. The molecule has 0 aliphatic heterocycles. The molecule has 8 nitrogen and oxygen atoms in total. The molecule has 0 fully saturated rings.